The first-order chi connectivity index (χ1) is 8.70. The number of hydrogen-bond donors (Lipinski definition) is 1. The number of aryl methyl sites for hydroxylation is 1. The second kappa shape index (κ2) is 5.98. The van der Waals surface area contributed by atoms with E-state index in [1.807, 2.05) is 44.4 Å². The summed E-state index contributed by atoms with van der Waals surface area (Å²) in [6.45, 7) is 2.76. The van der Waals surface area contributed by atoms with E-state index in [0.29, 0.717) is 0 Å². The molecule has 2 aromatic rings. The summed E-state index contributed by atoms with van der Waals surface area (Å²) in [4.78, 5) is 4.11. The predicted octanol–water partition coefficient (Wildman–Crippen LogP) is 3.66. The van der Waals surface area contributed by atoms with Crippen molar-refractivity contribution in [2.45, 2.75) is 13.5 Å². The van der Waals surface area contributed by atoms with Crippen LogP contribution in [0.3, 0.4) is 0 Å². The highest BCUT2D eigenvalue weighted by atomic mass is 79.9. The zero-order valence-electron chi connectivity index (χ0n) is 10.4. The van der Waals surface area contributed by atoms with Crippen molar-refractivity contribution in [2.75, 3.05) is 7.05 Å². The maximum absolute atomic E-state index is 5.95. The van der Waals surface area contributed by atoms with Crippen molar-refractivity contribution in [3.63, 3.8) is 0 Å². The van der Waals surface area contributed by atoms with Crippen molar-refractivity contribution in [3.8, 4) is 11.5 Å². The van der Waals surface area contributed by atoms with E-state index < -0.39 is 0 Å². The first-order valence-corrected chi connectivity index (χ1v) is 6.51. The van der Waals surface area contributed by atoms with Gasteiger partial charge in [0, 0.05) is 29.0 Å². The lowest BCUT2D eigenvalue weighted by atomic mass is 10.2. The Balaban J connectivity index is 2.28. The Bertz CT molecular complexity index is 543. The summed E-state index contributed by atoms with van der Waals surface area (Å²) in [7, 11) is 1.90. The molecule has 0 atom stereocenters. The summed E-state index contributed by atoms with van der Waals surface area (Å²) in [6, 6.07) is 7.85. The quantitative estimate of drug-likeness (QED) is 0.936. The Morgan fingerprint density at radius 3 is 2.83 bits per heavy atom. The fourth-order valence-corrected chi connectivity index (χ4v) is 2.16. The smallest absolute Gasteiger partial charge is 0.135 e. The van der Waals surface area contributed by atoms with Gasteiger partial charge in [-0.2, -0.15) is 0 Å². The van der Waals surface area contributed by atoms with Crippen LogP contribution in [0.5, 0.6) is 11.5 Å². The molecule has 2 rings (SSSR count). The molecule has 0 aliphatic rings. The van der Waals surface area contributed by atoms with Gasteiger partial charge in [0.1, 0.15) is 11.5 Å². The minimum Gasteiger partial charge on any atom is -0.457 e. The monoisotopic (exact) mass is 306 g/mol. The lowest BCUT2D eigenvalue weighted by molar-refractivity contribution is 0.469. The fourth-order valence-electron chi connectivity index (χ4n) is 1.68. The molecule has 0 aliphatic heterocycles. The van der Waals surface area contributed by atoms with Gasteiger partial charge in [-0.25, -0.2) is 0 Å². The van der Waals surface area contributed by atoms with Gasteiger partial charge in [-0.05, 0) is 43.8 Å². The van der Waals surface area contributed by atoms with Gasteiger partial charge in [-0.1, -0.05) is 15.9 Å². The molecule has 0 unspecified atom stereocenters. The number of pyridine rings is 1. The second-order valence-electron chi connectivity index (χ2n) is 4.03. The Labute approximate surface area is 115 Å². The molecule has 0 spiro atoms. The van der Waals surface area contributed by atoms with Crippen LogP contribution in [0, 0.1) is 6.92 Å². The van der Waals surface area contributed by atoms with E-state index in [2.05, 4.69) is 26.2 Å². The summed E-state index contributed by atoms with van der Waals surface area (Å²) in [5, 5.41) is 3.11. The average Bonchev–Trinajstić information content (AvgIpc) is 2.35. The Kier molecular flexibility index (Phi) is 4.33. The Morgan fingerprint density at radius 1 is 1.28 bits per heavy atom. The first-order valence-electron chi connectivity index (χ1n) is 5.72. The fraction of sp³-hybridized carbons (Fsp3) is 0.214. The van der Waals surface area contributed by atoms with Crippen molar-refractivity contribution in [1.29, 1.82) is 0 Å². The van der Waals surface area contributed by atoms with E-state index in [1.54, 1.807) is 6.20 Å². The van der Waals surface area contributed by atoms with Crippen molar-refractivity contribution in [2.24, 2.45) is 0 Å². The van der Waals surface area contributed by atoms with E-state index in [-0.39, 0.29) is 0 Å². The molecule has 0 fully saturated rings. The van der Waals surface area contributed by atoms with Gasteiger partial charge in [0.05, 0.1) is 0 Å². The highest BCUT2D eigenvalue weighted by Gasteiger charge is 2.06. The third-order valence-electron chi connectivity index (χ3n) is 2.58. The number of nitrogens with one attached hydrogen (secondary N) is 1. The third-order valence-corrected chi connectivity index (χ3v) is 3.08. The SMILES string of the molecule is CNCc1cnccc1Oc1ccc(Br)cc1C. The molecule has 94 valence electrons. The van der Waals surface area contributed by atoms with Gasteiger partial charge in [0.2, 0.25) is 0 Å². The van der Waals surface area contributed by atoms with Crippen LogP contribution in [0.4, 0.5) is 0 Å². The van der Waals surface area contributed by atoms with Gasteiger partial charge >= 0.3 is 0 Å². The summed E-state index contributed by atoms with van der Waals surface area (Å²) in [5.74, 6) is 1.70. The largest absolute Gasteiger partial charge is 0.457 e. The topological polar surface area (TPSA) is 34.2 Å². The van der Waals surface area contributed by atoms with E-state index in [1.165, 1.54) is 0 Å². The maximum Gasteiger partial charge on any atom is 0.135 e. The molecule has 1 aromatic carbocycles. The molecule has 0 amide bonds. The zero-order chi connectivity index (χ0) is 13.0. The van der Waals surface area contributed by atoms with E-state index in [4.69, 9.17) is 4.74 Å². The zero-order valence-corrected chi connectivity index (χ0v) is 12.0. The lowest BCUT2D eigenvalue weighted by Crippen LogP contribution is -2.06. The van der Waals surface area contributed by atoms with Crippen LogP contribution < -0.4 is 10.1 Å². The summed E-state index contributed by atoms with van der Waals surface area (Å²) >= 11 is 3.45. The third kappa shape index (κ3) is 3.09. The molecule has 0 bridgehead atoms. The number of rotatable bonds is 4. The van der Waals surface area contributed by atoms with Crippen LogP contribution in [0.15, 0.2) is 41.1 Å². The average molecular weight is 307 g/mol. The molecule has 1 heterocycles. The normalized spacial score (nSPS) is 10.4. The Hall–Kier alpha value is -1.39. The molecule has 1 N–H and O–H groups in total. The molecule has 0 saturated heterocycles. The second-order valence-corrected chi connectivity index (χ2v) is 4.94. The van der Waals surface area contributed by atoms with Crippen molar-refractivity contribution < 1.29 is 4.74 Å². The molecule has 0 aliphatic carbocycles. The number of halogens is 1. The molecule has 3 nitrogen and oxygen atoms in total. The van der Waals surface area contributed by atoms with Crippen LogP contribution in [0.25, 0.3) is 0 Å². The highest BCUT2D eigenvalue weighted by molar-refractivity contribution is 9.10. The lowest BCUT2D eigenvalue weighted by Gasteiger charge is -2.12. The maximum atomic E-state index is 5.95. The van der Waals surface area contributed by atoms with Gasteiger partial charge in [-0.3, -0.25) is 4.98 Å². The van der Waals surface area contributed by atoms with Crippen molar-refractivity contribution >= 4 is 15.9 Å². The van der Waals surface area contributed by atoms with Crippen LogP contribution in [0.1, 0.15) is 11.1 Å². The van der Waals surface area contributed by atoms with Gasteiger partial charge in [-0.15, -0.1) is 0 Å². The van der Waals surface area contributed by atoms with Crippen molar-refractivity contribution in [1.82, 2.24) is 10.3 Å². The van der Waals surface area contributed by atoms with E-state index in [0.717, 1.165) is 33.6 Å². The molecular formula is C14H15BrN2O. The minimum atomic E-state index is 0.735. The van der Waals surface area contributed by atoms with Gasteiger partial charge in [0.25, 0.3) is 0 Å². The van der Waals surface area contributed by atoms with E-state index in [9.17, 15) is 0 Å². The van der Waals surface area contributed by atoms with Crippen LogP contribution in [-0.2, 0) is 6.54 Å². The standard InChI is InChI=1S/C14H15BrN2O/c1-10-7-12(15)3-4-13(10)18-14-5-6-17-9-11(14)8-16-2/h3-7,9,16H,8H2,1-2H3. The first kappa shape index (κ1) is 13.1. The minimum absolute atomic E-state index is 0.735. The van der Waals surface area contributed by atoms with Crippen molar-refractivity contribution in [3.05, 3.63) is 52.3 Å². The van der Waals surface area contributed by atoms with Crippen LogP contribution >= 0.6 is 15.9 Å². The predicted molar refractivity (Wildman–Crippen MR) is 76.0 cm³/mol. The van der Waals surface area contributed by atoms with Gasteiger partial charge < -0.3 is 10.1 Å². The number of benzene rings is 1. The molecule has 18 heavy (non-hydrogen) atoms. The number of aromatic nitrogens is 1. The molecule has 0 radical (unpaired) electrons. The van der Waals surface area contributed by atoms with E-state index >= 15 is 0 Å². The van der Waals surface area contributed by atoms with Crippen LogP contribution in [-0.4, -0.2) is 12.0 Å². The number of ether oxygens (including phenoxy) is 1. The summed E-state index contributed by atoms with van der Waals surface area (Å²) in [6.07, 6.45) is 3.56. The molecule has 4 heteroatoms. The van der Waals surface area contributed by atoms with Gasteiger partial charge in [0.15, 0.2) is 0 Å². The molecule has 1 aromatic heterocycles. The summed E-state index contributed by atoms with van der Waals surface area (Å²) in [5.41, 5.74) is 2.14. The van der Waals surface area contributed by atoms with Crippen LogP contribution in [0.2, 0.25) is 0 Å². The Morgan fingerprint density at radius 2 is 2.11 bits per heavy atom. The highest BCUT2D eigenvalue weighted by Crippen LogP contribution is 2.29. The number of hydrogen-bond acceptors (Lipinski definition) is 3. The molecule has 0 saturated carbocycles. The molecular weight excluding hydrogens is 292 g/mol. The number of nitrogens with zero attached hydrogens (tertiary/aromatic N) is 1. The summed E-state index contributed by atoms with van der Waals surface area (Å²) < 4.78 is 7.00.